The lowest BCUT2D eigenvalue weighted by atomic mass is 9.82. The molecule has 0 saturated carbocycles. The van der Waals surface area contributed by atoms with Crippen molar-refractivity contribution in [1.29, 1.82) is 0 Å². The van der Waals surface area contributed by atoms with Crippen LogP contribution in [0.5, 0.6) is 0 Å². The number of nitrogens with one attached hydrogen (secondary N) is 1. The first-order valence-corrected chi connectivity index (χ1v) is 6.97. The van der Waals surface area contributed by atoms with Crippen molar-refractivity contribution in [2.75, 3.05) is 25.1 Å². The Morgan fingerprint density at radius 1 is 1.28 bits per heavy atom. The van der Waals surface area contributed by atoms with Gasteiger partial charge in [0.25, 0.3) is 0 Å². The molecule has 2 heterocycles. The number of aromatic nitrogens is 1. The Hall–Kier alpha value is -0.220. The van der Waals surface area contributed by atoms with E-state index in [1.807, 2.05) is 0 Å². The highest BCUT2D eigenvalue weighted by Gasteiger charge is 2.27. The number of hydrogen-bond acceptors (Lipinski definition) is 3. The number of pyridine rings is 1. The van der Waals surface area contributed by atoms with Gasteiger partial charge in [0.05, 0.1) is 10.0 Å². The fourth-order valence-electron chi connectivity index (χ4n) is 1.91. The van der Waals surface area contributed by atoms with Crippen LogP contribution >= 0.6 is 34.8 Å². The first-order valence-electron chi connectivity index (χ1n) is 5.83. The van der Waals surface area contributed by atoms with Gasteiger partial charge >= 0.3 is 0 Å². The van der Waals surface area contributed by atoms with Crippen molar-refractivity contribution in [3.05, 3.63) is 21.3 Å². The van der Waals surface area contributed by atoms with Crippen molar-refractivity contribution in [2.24, 2.45) is 5.41 Å². The Morgan fingerprint density at radius 3 is 2.61 bits per heavy atom. The zero-order valence-electron chi connectivity index (χ0n) is 10.1. The summed E-state index contributed by atoms with van der Waals surface area (Å²) in [5.41, 5.74) is 0.204. The Morgan fingerprint density at radius 2 is 1.94 bits per heavy atom. The molecule has 0 aliphatic carbocycles. The van der Waals surface area contributed by atoms with Gasteiger partial charge in [-0.2, -0.15) is 0 Å². The second-order valence-corrected chi connectivity index (χ2v) is 6.04. The van der Waals surface area contributed by atoms with Gasteiger partial charge in [0, 0.05) is 19.8 Å². The Kier molecular flexibility index (Phi) is 4.59. The molecule has 0 aromatic carbocycles. The van der Waals surface area contributed by atoms with Gasteiger partial charge < -0.3 is 10.1 Å². The van der Waals surface area contributed by atoms with Gasteiger partial charge in [-0.3, -0.25) is 0 Å². The molecule has 1 N–H and O–H groups in total. The maximum atomic E-state index is 6.07. The largest absolute Gasteiger partial charge is 0.381 e. The van der Waals surface area contributed by atoms with E-state index in [0.717, 1.165) is 32.6 Å². The number of halogens is 3. The molecule has 1 saturated heterocycles. The highest BCUT2D eigenvalue weighted by molar-refractivity contribution is 6.42. The highest BCUT2D eigenvalue weighted by atomic mass is 35.5. The monoisotopic (exact) mass is 308 g/mol. The number of anilines is 1. The molecule has 0 amide bonds. The molecule has 0 atom stereocenters. The fourth-order valence-corrected chi connectivity index (χ4v) is 2.47. The maximum Gasteiger partial charge on any atom is 0.150 e. The molecule has 0 unspecified atom stereocenters. The van der Waals surface area contributed by atoms with Crippen LogP contribution in [0.25, 0.3) is 0 Å². The number of rotatable bonds is 3. The van der Waals surface area contributed by atoms with Gasteiger partial charge in [-0.1, -0.05) is 41.7 Å². The number of hydrogen-bond donors (Lipinski definition) is 1. The molecule has 1 fully saturated rings. The minimum Gasteiger partial charge on any atom is -0.381 e. The minimum atomic E-state index is 0.204. The van der Waals surface area contributed by atoms with E-state index < -0.39 is 0 Å². The number of nitrogens with zero attached hydrogens (tertiary/aromatic N) is 1. The van der Waals surface area contributed by atoms with Crippen molar-refractivity contribution in [1.82, 2.24) is 4.98 Å². The minimum absolute atomic E-state index is 0.204. The van der Waals surface area contributed by atoms with E-state index in [0.29, 0.717) is 15.9 Å². The lowest BCUT2D eigenvalue weighted by Crippen LogP contribution is -2.33. The van der Waals surface area contributed by atoms with Gasteiger partial charge in [0.2, 0.25) is 0 Å². The summed E-state index contributed by atoms with van der Waals surface area (Å²) in [6.07, 6.45) is 2.05. The zero-order valence-corrected chi connectivity index (χ0v) is 12.4. The van der Waals surface area contributed by atoms with Crippen LogP contribution in [0.15, 0.2) is 6.07 Å². The standard InChI is InChI=1S/C12H15Cl3N2O/c1-12(2-4-18-5-3-12)7-16-11-9(14)6-8(13)10(15)17-11/h6H,2-5,7H2,1H3,(H,16,17). The van der Waals surface area contributed by atoms with Crippen LogP contribution < -0.4 is 5.32 Å². The predicted molar refractivity (Wildman–Crippen MR) is 75.9 cm³/mol. The van der Waals surface area contributed by atoms with Crippen LogP contribution in [0.1, 0.15) is 19.8 Å². The lowest BCUT2D eigenvalue weighted by Gasteiger charge is -2.33. The summed E-state index contributed by atoms with van der Waals surface area (Å²) >= 11 is 17.8. The summed E-state index contributed by atoms with van der Waals surface area (Å²) in [6, 6.07) is 1.60. The molecule has 6 heteroatoms. The SMILES string of the molecule is CC1(CNc2nc(Cl)c(Cl)cc2Cl)CCOCC1. The normalized spacial score (nSPS) is 18.7. The average Bonchev–Trinajstić information content (AvgIpc) is 2.33. The van der Waals surface area contributed by atoms with Crippen molar-refractivity contribution < 1.29 is 4.74 Å². The Labute approximate surface area is 122 Å². The summed E-state index contributed by atoms with van der Waals surface area (Å²) in [5.74, 6) is 0.582. The van der Waals surface area contributed by atoms with Crippen LogP contribution in [-0.4, -0.2) is 24.7 Å². The molecule has 0 radical (unpaired) electrons. The van der Waals surface area contributed by atoms with Crippen LogP contribution in [0.4, 0.5) is 5.82 Å². The zero-order chi connectivity index (χ0) is 13.2. The summed E-state index contributed by atoms with van der Waals surface area (Å²) in [6.45, 7) is 4.64. The number of ether oxygens (including phenoxy) is 1. The second-order valence-electron chi connectivity index (χ2n) is 4.87. The molecule has 1 aliphatic rings. The van der Waals surface area contributed by atoms with Crippen LogP contribution in [0.3, 0.4) is 0 Å². The maximum absolute atomic E-state index is 6.07. The van der Waals surface area contributed by atoms with E-state index in [1.165, 1.54) is 0 Å². The molecular weight excluding hydrogens is 295 g/mol. The second kappa shape index (κ2) is 5.83. The molecule has 0 bridgehead atoms. The Balaban J connectivity index is 2.03. The molecular formula is C12H15Cl3N2O. The third-order valence-electron chi connectivity index (χ3n) is 3.27. The van der Waals surface area contributed by atoms with E-state index in [1.54, 1.807) is 6.07 Å². The van der Waals surface area contributed by atoms with E-state index >= 15 is 0 Å². The Bertz CT molecular complexity index is 434. The summed E-state index contributed by atoms with van der Waals surface area (Å²) < 4.78 is 5.37. The molecule has 100 valence electrons. The molecule has 0 spiro atoms. The van der Waals surface area contributed by atoms with Crippen molar-refractivity contribution in [3.8, 4) is 0 Å². The average molecular weight is 310 g/mol. The van der Waals surface area contributed by atoms with Gasteiger partial charge in [-0.25, -0.2) is 4.98 Å². The first kappa shape index (κ1) is 14.2. The van der Waals surface area contributed by atoms with Crippen LogP contribution in [0.2, 0.25) is 15.2 Å². The van der Waals surface area contributed by atoms with Crippen LogP contribution in [-0.2, 0) is 4.74 Å². The van der Waals surface area contributed by atoms with Crippen molar-refractivity contribution in [2.45, 2.75) is 19.8 Å². The summed E-state index contributed by atoms with van der Waals surface area (Å²) in [7, 11) is 0. The van der Waals surface area contributed by atoms with E-state index in [2.05, 4.69) is 17.2 Å². The molecule has 18 heavy (non-hydrogen) atoms. The van der Waals surface area contributed by atoms with Crippen molar-refractivity contribution in [3.63, 3.8) is 0 Å². The first-order chi connectivity index (χ1) is 8.50. The van der Waals surface area contributed by atoms with Crippen molar-refractivity contribution >= 4 is 40.6 Å². The molecule has 2 rings (SSSR count). The summed E-state index contributed by atoms with van der Waals surface area (Å²) in [5, 5.41) is 4.37. The van der Waals surface area contributed by atoms with Gasteiger partial charge in [0.15, 0.2) is 0 Å². The van der Waals surface area contributed by atoms with Gasteiger partial charge in [-0.15, -0.1) is 0 Å². The lowest BCUT2D eigenvalue weighted by molar-refractivity contribution is 0.0300. The smallest absolute Gasteiger partial charge is 0.150 e. The predicted octanol–water partition coefficient (Wildman–Crippen LogP) is 4.27. The van der Waals surface area contributed by atoms with Crippen LogP contribution in [0, 0.1) is 5.41 Å². The van der Waals surface area contributed by atoms with E-state index in [4.69, 9.17) is 39.5 Å². The quantitative estimate of drug-likeness (QED) is 0.847. The summed E-state index contributed by atoms with van der Waals surface area (Å²) in [4.78, 5) is 4.15. The topological polar surface area (TPSA) is 34.2 Å². The van der Waals surface area contributed by atoms with Gasteiger partial charge in [0.1, 0.15) is 11.0 Å². The molecule has 3 nitrogen and oxygen atoms in total. The van der Waals surface area contributed by atoms with E-state index in [-0.39, 0.29) is 10.6 Å². The van der Waals surface area contributed by atoms with Gasteiger partial charge in [-0.05, 0) is 24.3 Å². The third-order valence-corrected chi connectivity index (χ3v) is 4.23. The molecule has 1 aliphatic heterocycles. The third kappa shape index (κ3) is 3.41. The molecule has 1 aromatic heterocycles. The van der Waals surface area contributed by atoms with E-state index in [9.17, 15) is 0 Å². The fraction of sp³-hybridized carbons (Fsp3) is 0.583. The molecule has 1 aromatic rings. The highest BCUT2D eigenvalue weighted by Crippen LogP contribution is 2.32.